The van der Waals surface area contributed by atoms with Gasteiger partial charge in [-0.3, -0.25) is 0 Å². The highest BCUT2D eigenvalue weighted by Crippen LogP contribution is 2.60. The van der Waals surface area contributed by atoms with Crippen LogP contribution >= 0.6 is 0 Å². The maximum absolute atomic E-state index is 2.57. The summed E-state index contributed by atoms with van der Waals surface area (Å²) in [5.41, 5.74) is 20.4. The van der Waals surface area contributed by atoms with Crippen LogP contribution in [0.4, 0.5) is 17.1 Å². The Labute approximate surface area is 370 Å². The lowest BCUT2D eigenvalue weighted by atomic mass is 9.67. The lowest BCUT2D eigenvalue weighted by Crippen LogP contribution is -2.30. The van der Waals surface area contributed by atoms with Crippen molar-refractivity contribution in [2.45, 2.75) is 24.7 Å². The number of nitrogens with zero attached hydrogens (tertiary/aromatic N) is 1. The van der Waals surface area contributed by atoms with Crippen LogP contribution in [0.2, 0.25) is 0 Å². The van der Waals surface area contributed by atoms with Crippen molar-refractivity contribution in [2.75, 3.05) is 4.90 Å². The minimum atomic E-state index is -0.610. The molecule has 0 N–H and O–H groups in total. The molecule has 0 spiro atoms. The number of hydrogen-bond acceptors (Lipinski definition) is 1. The third kappa shape index (κ3) is 5.56. The monoisotopic (exact) mass is 803 g/mol. The first-order valence-corrected chi connectivity index (χ1v) is 22.1. The van der Waals surface area contributed by atoms with Gasteiger partial charge in [-0.15, -0.1) is 0 Å². The van der Waals surface area contributed by atoms with Gasteiger partial charge in [-0.1, -0.05) is 226 Å². The normalized spacial score (nSPS) is 13.8. The Morgan fingerprint density at radius 2 is 0.825 bits per heavy atom. The summed E-state index contributed by atoms with van der Waals surface area (Å²) in [6.07, 6.45) is 0. The molecule has 1 heteroatoms. The van der Waals surface area contributed by atoms with Crippen molar-refractivity contribution >= 4 is 27.8 Å². The second kappa shape index (κ2) is 14.4. The lowest BCUT2D eigenvalue weighted by Gasteiger charge is -2.39. The van der Waals surface area contributed by atoms with E-state index in [2.05, 4.69) is 255 Å². The number of para-hydroxylation sites is 1. The smallest absolute Gasteiger partial charge is 0.0733 e. The number of benzene rings is 10. The number of hydrogen-bond donors (Lipinski definition) is 0. The average molecular weight is 804 g/mol. The van der Waals surface area contributed by atoms with Crippen molar-refractivity contribution in [3.05, 3.63) is 270 Å². The van der Waals surface area contributed by atoms with Crippen molar-refractivity contribution < 1.29 is 0 Å². The van der Waals surface area contributed by atoms with Crippen LogP contribution < -0.4 is 4.90 Å². The van der Waals surface area contributed by atoms with Crippen molar-refractivity contribution in [3.8, 4) is 44.5 Å². The molecular weight excluding hydrogens is 759 g/mol. The number of fused-ring (bicyclic) bond motifs is 7. The molecule has 0 saturated carbocycles. The maximum atomic E-state index is 2.57. The summed E-state index contributed by atoms with van der Waals surface area (Å²) >= 11 is 0. The Morgan fingerprint density at radius 1 is 0.333 bits per heavy atom. The molecule has 10 aromatic carbocycles. The molecule has 0 aromatic heterocycles. The Kier molecular flexibility index (Phi) is 8.49. The SMILES string of the molecule is CC1(C)c2ccccc2-c2ccc(-c3ccc4ccccc4c3N(c3ccc(-c4ccccc4)cc3)c3ccccc3C3(c4ccccc4)c4ccccc4-c4ccccc43)cc21. The van der Waals surface area contributed by atoms with E-state index >= 15 is 0 Å². The highest BCUT2D eigenvalue weighted by atomic mass is 15.2. The van der Waals surface area contributed by atoms with Crippen LogP contribution in [0.1, 0.15) is 47.2 Å². The van der Waals surface area contributed by atoms with Crippen molar-refractivity contribution in [1.82, 2.24) is 0 Å². The number of rotatable bonds is 7. The molecule has 10 aromatic rings. The van der Waals surface area contributed by atoms with Gasteiger partial charge in [-0.05, 0) is 102 Å². The van der Waals surface area contributed by atoms with Gasteiger partial charge in [0, 0.05) is 22.1 Å². The van der Waals surface area contributed by atoms with E-state index in [9.17, 15) is 0 Å². The molecule has 1 nitrogen and oxygen atoms in total. The summed E-state index contributed by atoms with van der Waals surface area (Å²) in [4.78, 5) is 2.57. The van der Waals surface area contributed by atoms with E-state index in [1.807, 2.05) is 0 Å². The summed E-state index contributed by atoms with van der Waals surface area (Å²) in [5, 5.41) is 2.39. The van der Waals surface area contributed by atoms with E-state index in [-0.39, 0.29) is 5.41 Å². The zero-order valence-corrected chi connectivity index (χ0v) is 35.5. The summed E-state index contributed by atoms with van der Waals surface area (Å²) < 4.78 is 0. The second-order valence-electron chi connectivity index (χ2n) is 17.6. The molecule has 0 radical (unpaired) electrons. The van der Waals surface area contributed by atoms with E-state index in [0.717, 1.165) is 17.1 Å². The Morgan fingerprint density at radius 3 is 1.52 bits per heavy atom. The highest BCUT2D eigenvalue weighted by molar-refractivity contribution is 6.07. The second-order valence-corrected chi connectivity index (χ2v) is 17.6. The van der Waals surface area contributed by atoms with Gasteiger partial charge in [0.25, 0.3) is 0 Å². The Balaban J connectivity index is 1.18. The van der Waals surface area contributed by atoms with Gasteiger partial charge in [0.05, 0.1) is 16.8 Å². The number of anilines is 3. The van der Waals surface area contributed by atoms with Gasteiger partial charge in [0.15, 0.2) is 0 Å². The molecule has 2 aliphatic rings. The molecule has 0 bridgehead atoms. The third-order valence-electron chi connectivity index (χ3n) is 14.0. The molecule has 298 valence electrons. The van der Waals surface area contributed by atoms with Crippen LogP contribution in [0.5, 0.6) is 0 Å². The highest BCUT2D eigenvalue weighted by Gasteiger charge is 2.48. The largest absolute Gasteiger partial charge is 0.309 e. The quantitative estimate of drug-likeness (QED) is 0.155. The summed E-state index contributed by atoms with van der Waals surface area (Å²) in [6.45, 7) is 4.75. The molecule has 0 unspecified atom stereocenters. The lowest BCUT2D eigenvalue weighted by molar-refractivity contribution is 0.660. The predicted molar refractivity (Wildman–Crippen MR) is 264 cm³/mol. The fourth-order valence-electron chi connectivity index (χ4n) is 11.1. The minimum absolute atomic E-state index is 0.135. The third-order valence-corrected chi connectivity index (χ3v) is 14.0. The maximum Gasteiger partial charge on any atom is 0.0733 e. The van der Waals surface area contributed by atoms with E-state index in [0.29, 0.717) is 0 Å². The fraction of sp³-hybridized carbons (Fsp3) is 0.0645. The molecule has 12 rings (SSSR count). The zero-order chi connectivity index (χ0) is 42.1. The van der Waals surface area contributed by atoms with Gasteiger partial charge in [0.1, 0.15) is 0 Å². The van der Waals surface area contributed by atoms with Crippen molar-refractivity contribution in [1.29, 1.82) is 0 Å². The fourth-order valence-corrected chi connectivity index (χ4v) is 11.1. The van der Waals surface area contributed by atoms with Gasteiger partial charge in [0.2, 0.25) is 0 Å². The molecular formula is C62H45N. The molecule has 0 fully saturated rings. The van der Waals surface area contributed by atoms with Crippen LogP contribution in [0.25, 0.3) is 55.3 Å². The first-order chi connectivity index (χ1) is 31.0. The zero-order valence-electron chi connectivity index (χ0n) is 35.5. The van der Waals surface area contributed by atoms with Crippen LogP contribution in [0.15, 0.2) is 237 Å². The van der Waals surface area contributed by atoms with Gasteiger partial charge >= 0.3 is 0 Å². The summed E-state index contributed by atoms with van der Waals surface area (Å²) in [7, 11) is 0. The van der Waals surface area contributed by atoms with E-state index in [1.165, 1.54) is 88.7 Å². The van der Waals surface area contributed by atoms with Crippen LogP contribution in [0.3, 0.4) is 0 Å². The van der Waals surface area contributed by atoms with Gasteiger partial charge in [-0.2, -0.15) is 0 Å². The van der Waals surface area contributed by atoms with Crippen LogP contribution in [-0.4, -0.2) is 0 Å². The predicted octanol–water partition coefficient (Wildman–Crippen LogP) is 16.3. The first kappa shape index (κ1) is 37.1. The topological polar surface area (TPSA) is 3.24 Å². The van der Waals surface area contributed by atoms with E-state index in [4.69, 9.17) is 0 Å². The van der Waals surface area contributed by atoms with Crippen molar-refractivity contribution in [3.63, 3.8) is 0 Å². The molecule has 63 heavy (non-hydrogen) atoms. The Hall–Kier alpha value is -7.74. The van der Waals surface area contributed by atoms with Gasteiger partial charge in [-0.25, -0.2) is 0 Å². The van der Waals surface area contributed by atoms with Gasteiger partial charge < -0.3 is 4.90 Å². The molecule has 0 heterocycles. The van der Waals surface area contributed by atoms with Crippen molar-refractivity contribution in [2.24, 2.45) is 0 Å². The van der Waals surface area contributed by atoms with Crippen LogP contribution in [0, 0.1) is 0 Å². The standard InChI is InChI=1S/C62H45N/c1-61(2)54-28-14-11-25-50(54)53-40-36-45(41-58(53)61)49-39-35-44-21-9-10-24-48(44)60(49)63(47-37-33-43(34-38-47)42-19-5-3-6-20-42)59-32-18-17-31-57(59)62(46-22-7-4-8-23-46)55-29-15-12-26-51(55)52-27-13-16-30-56(52)62/h3-41H,1-2H3. The van der Waals surface area contributed by atoms with E-state index in [1.54, 1.807) is 0 Å². The molecule has 0 atom stereocenters. The molecule has 0 amide bonds. The Bertz CT molecular complexity index is 3310. The summed E-state index contributed by atoms with van der Waals surface area (Å²) in [5.74, 6) is 0. The average Bonchev–Trinajstić information content (AvgIpc) is 3.78. The van der Waals surface area contributed by atoms with E-state index < -0.39 is 5.41 Å². The first-order valence-electron chi connectivity index (χ1n) is 22.1. The minimum Gasteiger partial charge on any atom is -0.309 e. The molecule has 0 aliphatic heterocycles. The summed E-state index contributed by atoms with van der Waals surface area (Å²) in [6, 6.07) is 88.0. The van der Waals surface area contributed by atoms with Crippen LogP contribution in [-0.2, 0) is 10.8 Å². The molecule has 2 aliphatic carbocycles. The molecule has 0 saturated heterocycles.